The summed E-state index contributed by atoms with van der Waals surface area (Å²) in [6.45, 7) is 10.6. The molecule has 0 saturated heterocycles. The SMILES string of the molecule is C=C(C(=O)N(C)CCC)C(C)C.N.N.O=S(=O)(O)O. The van der Waals surface area contributed by atoms with Crippen molar-refractivity contribution in [2.45, 2.75) is 27.2 Å². The highest BCUT2D eigenvalue weighted by Gasteiger charge is 2.13. The van der Waals surface area contributed by atoms with Gasteiger partial charge in [0.1, 0.15) is 0 Å². The van der Waals surface area contributed by atoms with Crippen LogP contribution in [0.3, 0.4) is 0 Å². The van der Waals surface area contributed by atoms with Crippen LogP contribution in [-0.4, -0.2) is 41.9 Å². The van der Waals surface area contributed by atoms with Crippen molar-refractivity contribution in [3.05, 3.63) is 12.2 Å². The third kappa shape index (κ3) is 19.5. The van der Waals surface area contributed by atoms with Gasteiger partial charge in [-0.3, -0.25) is 13.9 Å². The van der Waals surface area contributed by atoms with Crippen LogP contribution in [0.1, 0.15) is 27.2 Å². The van der Waals surface area contributed by atoms with Crippen molar-refractivity contribution in [2.75, 3.05) is 13.6 Å². The number of carbonyl (C=O) groups excluding carboxylic acids is 1. The summed E-state index contributed by atoms with van der Waals surface area (Å²) in [7, 11) is -2.85. The van der Waals surface area contributed by atoms with Crippen LogP contribution in [0.25, 0.3) is 0 Å². The van der Waals surface area contributed by atoms with Crippen LogP contribution in [0.2, 0.25) is 0 Å². The zero-order valence-electron chi connectivity index (χ0n) is 12.1. The Morgan fingerprint density at radius 1 is 1.26 bits per heavy atom. The van der Waals surface area contributed by atoms with Crippen molar-refractivity contribution in [3.63, 3.8) is 0 Å². The Balaban J connectivity index is -0.000000139. The summed E-state index contributed by atoms with van der Waals surface area (Å²) >= 11 is 0. The van der Waals surface area contributed by atoms with Crippen LogP contribution in [0, 0.1) is 5.92 Å². The van der Waals surface area contributed by atoms with Gasteiger partial charge in [0.05, 0.1) is 0 Å². The van der Waals surface area contributed by atoms with Crippen molar-refractivity contribution in [3.8, 4) is 0 Å². The molecule has 0 heterocycles. The smallest absolute Gasteiger partial charge is 0.344 e. The van der Waals surface area contributed by atoms with Gasteiger partial charge in [0.15, 0.2) is 0 Å². The monoisotopic (exact) mass is 301 g/mol. The van der Waals surface area contributed by atoms with Gasteiger partial charge in [-0.1, -0.05) is 27.4 Å². The Bertz CT molecular complexity index is 346. The molecule has 0 rings (SSSR count). The fourth-order valence-corrected chi connectivity index (χ4v) is 0.929. The summed E-state index contributed by atoms with van der Waals surface area (Å²) in [6.07, 6.45) is 0.994. The highest BCUT2D eigenvalue weighted by Crippen LogP contribution is 2.09. The number of rotatable bonds is 4. The van der Waals surface area contributed by atoms with Crippen LogP contribution >= 0.6 is 0 Å². The average molecular weight is 301 g/mol. The maximum absolute atomic E-state index is 11.5. The highest BCUT2D eigenvalue weighted by atomic mass is 32.3. The van der Waals surface area contributed by atoms with Gasteiger partial charge < -0.3 is 17.2 Å². The van der Waals surface area contributed by atoms with E-state index >= 15 is 0 Å². The van der Waals surface area contributed by atoms with Crippen molar-refractivity contribution in [1.82, 2.24) is 17.2 Å². The van der Waals surface area contributed by atoms with Gasteiger partial charge in [0, 0.05) is 19.2 Å². The van der Waals surface area contributed by atoms with Crippen LogP contribution in [0.5, 0.6) is 0 Å². The van der Waals surface area contributed by atoms with Gasteiger partial charge >= 0.3 is 10.4 Å². The molecule has 0 radical (unpaired) electrons. The molecular formula is C10H27N3O5S. The van der Waals surface area contributed by atoms with E-state index in [1.165, 1.54) is 0 Å². The molecule has 118 valence electrons. The van der Waals surface area contributed by atoms with Crippen LogP contribution in [0.15, 0.2) is 12.2 Å². The summed E-state index contributed by atoms with van der Waals surface area (Å²) in [5, 5.41) is 0. The van der Waals surface area contributed by atoms with Crippen molar-refractivity contribution < 1.29 is 22.3 Å². The topological polar surface area (TPSA) is 165 Å². The molecule has 19 heavy (non-hydrogen) atoms. The summed E-state index contributed by atoms with van der Waals surface area (Å²) in [5.74, 6) is 0.323. The predicted molar refractivity (Wildman–Crippen MR) is 76.1 cm³/mol. The Hall–Kier alpha value is -1.00. The molecular weight excluding hydrogens is 274 g/mol. The molecule has 0 unspecified atom stereocenters. The standard InChI is InChI=1S/C10H19NO.2H3N.H2O4S/c1-6-7-11(5)10(12)9(4)8(2)3;;;1-5(2,3)4/h8H,4,6-7H2,1-3,5H3;2*1H3;(H2,1,2,3,4). The molecule has 0 aliphatic rings. The van der Waals surface area contributed by atoms with E-state index in [0.717, 1.165) is 13.0 Å². The largest absolute Gasteiger partial charge is 0.394 e. The lowest BCUT2D eigenvalue weighted by molar-refractivity contribution is -0.126. The zero-order valence-corrected chi connectivity index (χ0v) is 12.9. The minimum Gasteiger partial charge on any atom is -0.344 e. The summed E-state index contributed by atoms with van der Waals surface area (Å²) < 4.78 is 31.6. The van der Waals surface area contributed by atoms with E-state index < -0.39 is 10.4 Å². The Morgan fingerprint density at radius 2 is 1.58 bits per heavy atom. The fourth-order valence-electron chi connectivity index (χ4n) is 0.929. The molecule has 9 heteroatoms. The Morgan fingerprint density at radius 3 is 1.79 bits per heavy atom. The molecule has 0 aromatic rings. The third-order valence-electron chi connectivity index (χ3n) is 1.88. The molecule has 0 aliphatic carbocycles. The number of nitrogens with zero attached hydrogens (tertiary/aromatic N) is 1. The molecule has 1 amide bonds. The predicted octanol–water partition coefficient (Wildman–Crippen LogP) is 1.74. The summed E-state index contributed by atoms with van der Waals surface area (Å²) in [5.41, 5.74) is 0.700. The minimum absolute atomic E-state index is 0. The zero-order chi connectivity index (χ0) is 14.2. The Labute approximate surface area is 115 Å². The van der Waals surface area contributed by atoms with E-state index in [1.807, 2.05) is 20.9 Å². The average Bonchev–Trinajstić information content (AvgIpc) is 2.13. The maximum Gasteiger partial charge on any atom is 0.394 e. The lowest BCUT2D eigenvalue weighted by Crippen LogP contribution is -2.29. The molecule has 0 aromatic carbocycles. The van der Waals surface area contributed by atoms with Crippen molar-refractivity contribution in [1.29, 1.82) is 0 Å². The lowest BCUT2D eigenvalue weighted by Gasteiger charge is -2.19. The van der Waals surface area contributed by atoms with Gasteiger partial charge in [-0.25, -0.2) is 0 Å². The normalized spacial score (nSPS) is 9.42. The van der Waals surface area contributed by atoms with E-state index in [4.69, 9.17) is 17.5 Å². The second kappa shape index (κ2) is 12.1. The summed E-state index contributed by atoms with van der Waals surface area (Å²) in [6, 6.07) is 0. The molecule has 0 aromatic heterocycles. The maximum atomic E-state index is 11.5. The molecule has 0 saturated carbocycles. The van der Waals surface area contributed by atoms with Crippen LogP contribution < -0.4 is 12.3 Å². The Kier molecular flexibility index (Phi) is 16.8. The number of carbonyl (C=O) groups is 1. The molecule has 8 N–H and O–H groups in total. The first-order chi connectivity index (χ1) is 7.50. The number of hydrogen-bond donors (Lipinski definition) is 4. The number of hydrogen-bond acceptors (Lipinski definition) is 5. The van der Waals surface area contributed by atoms with Gasteiger partial charge in [0.2, 0.25) is 5.91 Å². The van der Waals surface area contributed by atoms with Crippen molar-refractivity contribution in [2.24, 2.45) is 5.92 Å². The minimum atomic E-state index is -4.67. The molecule has 0 aliphatic heterocycles. The second-order valence-electron chi connectivity index (χ2n) is 3.85. The number of likely N-dealkylation sites (N-methyl/N-ethyl adjacent to an activating group) is 1. The first-order valence-corrected chi connectivity index (χ1v) is 6.54. The second-order valence-corrected chi connectivity index (χ2v) is 4.75. The highest BCUT2D eigenvalue weighted by molar-refractivity contribution is 7.79. The van der Waals surface area contributed by atoms with E-state index in [1.54, 1.807) is 4.90 Å². The summed E-state index contributed by atoms with van der Waals surface area (Å²) in [4.78, 5) is 13.2. The molecule has 8 nitrogen and oxygen atoms in total. The van der Waals surface area contributed by atoms with E-state index in [2.05, 4.69) is 13.5 Å². The molecule has 0 spiro atoms. The van der Waals surface area contributed by atoms with Crippen LogP contribution in [-0.2, 0) is 15.2 Å². The quantitative estimate of drug-likeness (QED) is 0.453. The van der Waals surface area contributed by atoms with E-state index in [0.29, 0.717) is 5.57 Å². The third-order valence-corrected chi connectivity index (χ3v) is 1.88. The fraction of sp³-hybridized carbons (Fsp3) is 0.700. The first kappa shape index (κ1) is 26.5. The number of amides is 1. The van der Waals surface area contributed by atoms with Crippen LogP contribution in [0.4, 0.5) is 0 Å². The molecule has 0 atom stereocenters. The van der Waals surface area contributed by atoms with Gasteiger partial charge in [-0.15, -0.1) is 0 Å². The van der Waals surface area contributed by atoms with Gasteiger partial charge in [-0.05, 0) is 12.3 Å². The van der Waals surface area contributed by atoms with Crippen molar-refractivity contribution >= 4 is 16.3 Å². The molecule has 0 bridgehead atoms. The molecule has 0 fully saturated rings. The first-order valence-electron chi connectivity index (χ1n) is 5.14. The lowest BCUT2D eigenvalue weighted by atomic mass is 10.0. The van der Waals surface area contributed by atoms with Gasteiger partial charge in [-0.2, -0.15) is 8.42 Å². The van der Waals surface area contributed by atoms with E-state index in [9.17, 15) is 4.79 Å². The van der Waals surface area contributed by atoms with E-state index in [-0.39, 0.29) is 24.1 Å². The van der Waals surface area contributed by atoms with Gasteiger partial charge in [0.25, 0.3) is 0 Å².